The fourth-order valence-corrected chi connectivity index (χ4v) is 2.12. The fraction of sp³-hybridized carbons (Fsp3) is 0.312. The van der Waals surface area contributed by atoms with Gasteiger partial charge in [0.15, 0.2) is 11.6 Å². The van der Waals surface area contributed by atoms with Gasteiger partial charge >= 0.3 is 0 Å². The normalized spacial score (nSPS) is 12.2. The molecule has 0 aliphatic rings. The molecule has 1 unspecified atom stereocenters. The Balaban J connectivity index is 2.36. The molecule has 0 amide bonds. The predicted molar refractivity (Wildman–Crippen MR) is 77.3 cm³/mol. The van der Waals surface area contributed by atoms with Crippen molar-refractivity contribution in [1.82, 2.24) is 10.3 Å². The Labute approximate surface area is 118 Å². The Bertz CT molecular complexity index is 545. The quantitative estimate of drug-likeness (QED) is 0.877. The predicted octanol–water partition coefficient (Wildman–Crippen LogP) is 3.32. The molecule has 0 radical (unpaired) electrons. The monoisotopic (exact) mass is 274 g/mol. The largest absolute Gasteiger partial charge is 0.494 e. The van der Waals surface area contributed by atoms with Gasteiger partial charge in [0.1, 0.15) is 0 Å². The van der Waals surface area contributed by atoms with Crippen LogP contribution in [-0.4, -0.2) is 18.6 Å². The minimum atomic E-state index is -0.350. The Kier molecular flexibility index (Phi) is 5.07. The maximum atomic E-state index is 13.5. The van der Waals surface area contributed by atoms with E-state index in [0.717, 1.165) is 24.1 Å². The van der Waals surface area contributed by atoms with Crippen LogP contribution in [0.2, 0.25) is 0 Å². The van der Waals surface area contributed by atoms with E-state index in [2.05, 4.69) is 17.2 Å². The van der Waals surface area contributed by atoms with Crippen molar-refractivity contribution in [2.45, 2.75) is 19.4 Å². The van der Waals surface area contributed by atoms with Crippen molar-refractivity contribution in [2.75, 3.05) is 13.7 Å². The number of hydrogen-bond donors (Lipinski definition) is 1. The average molecular weight is 274 g/mol. The molecule has 0 saturated carbocycles. The molecule has 1 N–H and O–H groups in total. The number of nitrogens with zero attached hydrogens (tertiary/aromatic N) is 1. The highest BCUT2D eigenvalue weighted by molar-refractivity contribution is 5.36. The summed E-state index contributed by atoms with van der Waals surface area (Å²) in [5.74, 6) is -0.0913. The van der Waals surface area contributed by atoms with Crippen LogP contribution < -0.4 is 10.1 Å². The third-order valence-corrected chi connectivity index (χ3v) is 3.12. The third kappa shape index (κ3) is 3.33. The number of pyridine rings is 1. The first-order chi connectivity index (χ1) is 9.76. The Morgan fingerprint density at radius 2 is 2.15 bits per heavy atom. The molecule has 0 spiro atoms. The second kappa shape index (κ2) is 7.01. The smallest absolute Gasteiger partial charge is 0.165 e. The van der Waals surface area contributed by atoms with Crippen LogP contribution in [0.15, 0.2) is 42.7 Å². The van der Waals surface area contributed by atoms with Gasteiger partial charge in [-0.25, -0.2) is 4.39 Å². The van der Waals surface area contributed by atoms with E-state index in [4.69, 9.17) is 4.74 Å². The van der Waals surface area contributed by atoms with Gasteiger partial charge in [0.05, 0.1) is 13.2 Å². The van der Waals surface area contributed by atoms with Crippen molar-refractivity contribution in [2.24, 2.45) is 0 Å². The SMILES string of the molecule is CCCNC(c1cccnc1)c1ccc(F)c(OC)c1. The molecule has 0 aliphatic heterocycles. The van der Waals surface area contributed by atoms with Crippen LogP contribution in [0.3, 0.4) is 0 Å². The molecule has 2 rings (SSSR count). The van der Waals surface area contributed by atoms with E-state index in [9.17, 15) is 4.39 Å². The van der Waals surface area contributed by atoms with Crippen molar-refractivity contribution in [1.29, 1.82) is 0 Å². The molecule has 1 heterocycles. The number of benzene rings is 1. The van der Waals surface area contributed by atoms with Crippen LogP contribution in [0.5, 0.6) is 5.75 Å². The van der Waals surface area contributed by atoms with Gasteiger partial charge in [0.25, 0.3) is 0 Å². The number of nitrogens with one attached hydrogen (secondary N) is 1. The zero-order valence-corrected chi connectivity index (χ0v) is 11.8. The molecule has 1 aromatic carbocycles. The zero-order chi connectivity index (χ0) is 14.4. The van der Waals surface area contributed by atoms with Gasteiger partial charge in [-0.15, -0.1) is 0 Å². The van der Waals surface area contributed by atoms with E-state index in [1.54, 1.807) is 18.3 Å². The minimum Gasteiger partial charge on any atom is -0.494 e. The number of ether oxygens (including phenoxy) is 1. The molecule has 0 aliphatic carbocycles. The van der Waals surface area contributed by atoms with Gasteiger partial charge in [-0.05, 0) is 42.3 Å². The zero-order valence-electron chi connectivity index (χ0n) is 11.8. The van der Waals surface area contributed by atoms with Crippen molar-refractivity contribution >= 4 is 0 Å². The van der Waals surface area contributed by atoms with E-state index in [-0.39, 0.29) is 17.6 Å². The summed E-state index contributed by atoms with van der Waals surface area (Å²) in [6.45, 7) is 2.98. The molecule has 0 saturated heterocycles. The van der Waals surface area contributed by atoms with Gasteiger partial charge in [-0.1, -0.05) is 19.1 Å². The fourth-order valence-electron chi connectivity index (χ4n) is 2.12. The number of methoxy groups -OCH3 is 1. The van der Waals surface area contributed by atoms with E-state index in [1.165, 1.54) is 13.2 Å². The summed E-state index contributed by atoms with van der Waals surface area (Å²) >= 11 is 0. The second-order valence-electron chi connectivity index (χ2n) is 4.57. The van der Waals surface area contributed by atoms with Crippen molar-refractivity contribution in [3.63, 3.8) is 0 Å². The molecule has 0 fully saturated rings. The summed E-state index contributed by atoms with van der Waals surface area (Å²) in [6.07, 6.45) is 4.59. The van der Waals surface area contributed by atoms with Crippen LogP contribution in [-0.2, 0) is 0 Å². The highest BCUT2D eigenvalue weighted by Crippen LogP contribution is 2.26. The first-order valence-corrected chi connectivity index (χ1v) is 6.73. The summed E-state index contributed by atoms with van der Waals surface area (Å²) in [4.78, 5) is 4.15. The molecular formula is C16H19FN2O. The maximum absolute atomic E-state index is 13.5. The second-order valence-corrected chi connectivity index (χ2v) is 4.57. The highest BCUT2D eigenvalue weighted by Gasteiger charge is 2.15. The lowest BCUT2D eigenvalue weighted by Gasteiger charge is -2.20. The van der Waals surface area contributed by atoms with Crippen molar-refractivity contribution in [3.05, 3.63) is 59.7 Å². The number of rotatable bonds is 6. The first kappa shape index (κ1) is 14.5. The lowest BCUT2D eigenvalue weighted by atomic mass is 9.99. The van der Waals surface area contributed by atoms with Gasteiger partial charge in [-0.3, -0.25) is 4.98 Å². The third-order valence-electron chi connectivity index (χ3n) is 3.12. The number of halogens is 1. The Hall–Kier alpha value is -1.94. The van der Waals surface area contributed by atoms with Crippen LogP contribution in [0.25, 0.3) is 0 Å². The van der Waals surface area contributed by atoms with E-state index < -0.39 is 0 Å². The highest BCUT2D eigenvalue weighted by atomic mass is 19.1. The molecule has 1 aromatic heterocycles. The standard InChI is InChI=1S/C16H19FN2O/c1-3-8-19-16(13-5-4-9-18-11-13)12-6-7-14(17)15(10-12)20-2/h4-7,9-11,16,19H,3,8H2,1-2H3. The van der Waals surface area contributed by atoms with Crippen molar-refractivity contribution < 1.29 is 9.13 Å². The lowest BCUT2D eigenvalue weighted by Crippen LogP contribution is -2.23. The molecule has 2 aromatic rings. The van der Waals surface area contributed by atoms with Crippen LogP contribution >= 0.6 is 0 Å². The summed E-state index contributed by atoms with van der Waals surface area (Å²) in [6, 6.07) is 8.84. The summed E-state index contributed by atoms with van der Waals surface area (Å²) in [5, 5.41) is 3.45. The van der Waals surface area contributed by atoms with E-state index in [1.807, 2.05) is 18.3 Å². The Morgan fingerprint density at radius 1 is 1.30 bits per heavy atom. The van der Waals surface area contributed by atoms with Crippen LogP contribution in [0.1, 0.15) is 30.5 Å². The molecule has 1 atom stereocenters. The average Bonchev–Trinajstić information content (AvgIpc) is 2.50. The summed E-state index contributed by atoms with van der Waals surface area (Å²) in [7, 11) is 1.47. The molecule has 20 heavy (non-hydrogen) atoms. The lowest BCUT2D eigenvalue weighted by molar-refractivity contribution is 0.385. The van der Waals surface area contributed by atoms with E-state index >= 15 is 0 Å². The van der Waals surface area contributed by atoms with E-state index in [0.29, 0.717) is 0 Å². The van der Waals surface area contributed by atoms with Crippen LogP contribution in [0.4, 0.5) is 4.39 Å². The summed E-state index contributed by atoms with van der Waals surface area (Å²) in [5.41, 5.74) is 2.01. The minimum absolute atomic E-state index is 0.0156. The molecule has 0 bridgehead atoms. The molecule has 3 nitrogen and oxygen atoms in total. The topological polar surface area (TPSA) is 34.2 Å². The molecule has 4 heteroatoms. The maximum Gasteiger partial charge on any atom is 0.165 e. The van der Waals surface area contributed by atoms with Gasteiger partial charge in [-0.2, -0.15) is 0 Å². The van der Waals surface area contributed by atoms with Gasteiger partial charge in [0.2, 0.25) is 0 Å². The summed E-state index contributed by atoms with van der Waals surface area (Å²) < 4.78 is 18.6. The Morgan fingerprint density at radius 3 is 2.80 bits per heavy atom. The number of aromatic nitrogens is 1. The van der Waals surface area contributed by atoms with Gasteiger partial charge in [0, 0.05) is 12.4 Å². The van der Waals surface area contributed by atoms with Crippen molar-refractivity contribution in [3.8, 4) is 5.75 Å². The molecule has 106 valence electrons. The molecular weight excluding hydrogens is 255 g/mol. The van der Waals surface area contributed by atoms with Gasteiger partial charge < -0.3 is 10.1 Å². The first-order valence-electron chi connectivity index (χ1n) is 6.73. The van der Waals surface area contributed by atoms with Crippen LogP contribution in [0, 0.1) is 5.82 Å². The number of hydrogen-bond acceptors (Lipinski definition) is 3.